The van der Waals surface area contributed by atoms with Crippen molar-refractivity contribution in [3.8, 4) is 62.0 Å². The zero-order valence-corrected chi connectivity index (χ0v) is 26.2. The average Bonchev–Trinajstić information content (AvgIpc) is 3.56. The van der Waals surface area contributed by atoms with Gasteiger partial charge >= 0.3 is 0 Å². The van der Waals surface area contributed by atoms with Crippen LogP contribution in [0.3, 0.4) is 0 Å². The van der Waals surface area contributed by atoms with Gasteiger partial charge in [-0.15, -0.1) is 0 Å². The van der Waals surface area contributed by atoms with E-state index in [1.165, 1.54) is 11.3 Å². The zero-order valence-electron chi connectivity index (χ0n) is 25.4. The number of aromatic nitrogens is 4. The molecule has 47 heavy (non-hydrogen) atoms. The fraction of sp³-hybridized carbons (Fsp3) is 0.0238. The van der Waals surface area contributed by atoms with Gasteiger partial charge in [0.25, 0.3) is 0 Å². The van der Waals surface area contributed by atoms with Crippen LogP contribution in [0.4, 0.5) is 0 Å². The number of benzene rings is 6. The minimum Gasteiger partial charge on any atom is -0.286 e. The molecular formula is C42H28N4S. The molecule has 0 amide bonds. The standard InChI is InChI=1S/C42H28N4S/c1-4-13-28(14-5-1)38-35-21-10-11-22-36(35)43-41(44-38)33-20-12-19-31(25-33)32-23-24-34-27-47-42-45-39(29-15-6-2-7-16-29)40(46(42)37(34)26-32)30-17-8-3-9-18-30/h1-26H,27H2. The first-order chi connectivity index (χ1) is 23.3. The Morgan fingerprint density at radius 3 is 1.85 bits per heavy atom. The van der Waals surface area contributed by atoms with Crippen molar-refractivity contribution < 1.29 is 0 Å². The molecule has 222 valence electrons. The summed E-state index contributed by atoms with van der Waals surface area (Å²) in [7, 11) is 0. The zero-order chi connectivity index (χ0) is 31.2. The fourth-order valence-corrected chi connectivity index (χ4v) is 7.46. The number of nitrogens with zero attached hydrogens (tertiary/aromatic N) is 4. The first-order valence-electron chi connectivity index (χ1n) is 15.7. The minimum absolute atomic E-state index is 0.717. The van der Waals surface area contributed by atoms with Gasteiger partial charge in [0, 0.05) is 33.4 Å². The predicted octanol–water partition coefficient (Wildman–Crippen LogP) is 10.8. The highest BCUT2D eigenvalue weighted by atomic mass is 32.2. The van der Waals surface area contributed by atoms with Gasteiger partial charge in [-0.3, -0.25) is 4.57 Å². The first-order valence-corrected chi connectivity index (χ1v) is 16.7. The Bertz CT molecular complexity index is 2400. The number of rotatable bonds is 5. The van der Waals surface area contributed by atoms with E-state index in [9.17, 15) is 0 Å². The highest BCUT2D eigenvalue weighted by Gasteiger charge is 2.26. The Morgan fingerprint density at radius 2 is 1.09 bits per heavy atom. The quantitative estimate of drug-likeness (QED) is 0.192. The van der Waals surface area contributed by atoms with Gasteiger partial charge in [0.2, 0.25) is 0 Å². The van der Waals surface area contributed by atoms with Crippen LogP contribution in [0.5, 0.6) is 0 Å². The Morgan fingerprint density at radius 1 is 0.468 bits per heavy atom. The molecule has 3 heterocycles. The van der Waals surface area contributed by atoms with Crippen LogP contribution in [-0.2, 0) is 5.75 Å². The van der Waals surface area contributed by atoms with Crippen LogP contribution in [0.2, 0.25) is 0 Å². The molecule has 4 nitrogen and oxygen atoms in total. The molecule has 0 radical (unpaired) electrons. The molecular weight excluding hydrogens is 593 g/mol. The molecule has 0 N–H and O–H groups in total. The highest BCUT2D eigenvalue weighted by Crippen LogP contribution is 2.44. The summed E-state index contributed by atoms with van der Waals surface area (Å²) in [6, 6.07) is 55.1. The molecule has 9 rings (SSSR count). The van der Waals surface area contributed by atoms with E-state index < -0.39 is 0 Å². The van der Waals surface area contributed by atoms with Gasteiger partial charge < -0.3 is 0 Å². The van der Waals surface area contributed by atoms with Gasteiger partial charge in [-0.05, 0) is 34.9 Å². The molecule has 0 fully saturated rings. The summed E-state index contributed by atoms with van der Waals surface area (Å²) in [5.74, 6) is 1.59. The van der Waals surface area contributed by atoms with Crippen LogP contribution in [0.1, 0.15) is 5.56 Å². The average molecular weight is 621 g/mol. The molecule has 0 aliphatic carbocycles. The number of fused-ring (bicyclic) bond motifs is 4. The summed E-state index contributed by atoms with van der Waals surface area (Å²) in [6.45, 7) is 0. The maximum absolute atomic E-state index is 5.22. The lowest BCUT2D eigenvalue weighted by Gasteiger charge is -2.21. The maximum atomic E-state index is 5.22. The number of para-hydroxylation sites is 1. The first kappa shape index (κ1) is 27.5. The van der Waals surface area contributed by atoms with Crippen LogP contribution < -0.4 is 0 Å². The Kier molecular flexibility index (Phi) is 6.76. The van der Waals surface area contributed by atoms with Crippen molar-refractivity contribution in [1.29, 1.82) is 0 Å². The molecule has 1 aliphatic rings. The van der Waals surface area contributed by atoms with Gasteiger partial charge in [-0.2, -0.15) is 0 Å². The van der Waals surface area contributed by atoms with E-state index in [-0.39, 0.29) is 0 Å². The van der Waals surface area contributed by atoms with Gasteiger partial charge in [-0.1, -0.05) is 151 Å². The Balaban J connectivity index is 1.18. The molecule has 0 saturated heterocycles. The fourth-order valence-electron chi connectivity index (χ4n) is 6.46. The molecule has 0 bridgehead atoms. The van der Waals surface area contributed by atoms with Crippen LogP contribution in [-0.4, -0.2) is 19.5 Å². The van der Waals surface area contributed by atoms with E-state index >= 15 is 0 Å². The molecule has 0 atom stereocenters. The topological polar surface area (TPSA) is 43.6 Å². The van der Waals surface area contributed by atoms with Crippen molar-refractivity contribution in [1.82, 2.24) is 19.5 Å². The van der Waals surface area contributed by atoms with Crippen LogP contribution in [0.15, 0.2) is 163 Å². The molecule has 2 aromatic heterocycles. The van der Waals surface area contributed by atoms with Crippen LogP contribution in [0, 0.1) is 0 Å². The lowest BCUT2D eigenvalue weighted by molar-refractivity contribution is 0.878. The van der Waals surface area contributed by atoms with E-state index in [4.69, 9.17) is 15.0 Å². The largest absolute Gasteiger partial charge is 0.286 e. The Hall–Kier alpha value is -5.78. The summed E-state index contributed by atoms with van der Waals surface area (Å²) in [5, 5.41) is 2.06. The lowest BCUT2D eigenvalue weighted by Crippen LogP contribution is -2.07. The number of hydrogen-bond acceptors (Lipinski definition) is 4. The predicted molar refractivity (Wildman–Crippen MR) is 193 cm³/mol. The lowest BCUT2D eigenvalue weighted by atomic mass is 9.99. The smallest absolute Gasteiger partial charge is 0.174 e. The number of hydrogen-bond donors (Lipinski definition) is 0. The molecule has 1 aliphatic heterocycles. The molecule has 6 aromatic carbocycles. The van der Waals surface area contributed by atoms with E-state index in [0.717, 1.165) is 78.1 Å². The van der Waals surface area contributed by atoms with E-state index in [2.05, 4.69) is 144 Å². The van der Waals surface area contributed by atoms with Gasteiger partial charge in [0.05, 0.1) is 28.3 Å². The molecule has 8 aromatic rings. The number of imidazole rings is 1. The third kappa shape index (κ3) is 4.93. The normalized spacial score (nSPS) is 12.1. The van der Waals surface area contributed by atoms with Crippen molar-refractivity contribution >= 4 is 22.7 Å². The van der Waals surface area contributed by atoms with Crippen molar-refractivity contribution in [2.45, 2.75) is 10.9 Å². The summed E-state index contributed by atoms with van der Waals surface area (Å²) in [4.78, 5) is 15.4. The maximum Gasteiger partial charge on any atom is 0.174 e. The van der Waals surface area contributed by atoms with Crippen molar-refractivity contribution in [3.63, 3.8) is 0 Å². The minimum atomic E-state index is 0.717. The monoisotopic (exact) mass is 620 g/mol. The Labute approximate surface area is 277 Å². The van der Waals surface area contributed by atoms with Gasteiger partial charge in [0.1, 0.15) is 0 Å². The second kappa shape index (κ2) is 11.5. The number of thioether (sulfide) groups is 1. The third-order valence-corrected chi connectivity index (χ3v) is 9.72. The van der Waals surface area contributed by atoms with Crippen molar-refractivity contribution in [2.24, 2.45) is 0 Å². The van der Waals surface area contributed by atoms with Crippen molar-refractivity contribution in [2.75, 3.05) is 0 Å². The highest BCUT2D eigenvalue weighted by molar-refractivity contribution is 7.98. The SMILES string of the molecule is c1ccc(-c2nc3n(c2-c2ccccc2)-c2cc(-c4cccc(-c5nc(-c6ccccc6)c6ccccc6n5)c4)ccc2CS3)cc1. The van der Waals surface area contributed by atoms with Crippen LogP contribution >= 0.6 is 11.8 Å². The van der Waals surface area contributed by atoms with Gasteiger partial charge in [0.15, 0.2) is 11.0 Å². The molecule has 0 unspecified atom stereocenters. The van der Waals surface area contributed by atoms with Crippen molar-refractivity contribution in [3.05, 3.63) is 163 Å². The van der Waals surface area contributed by atoms with E-state index in [0.29, 0.717) is 0 Å². The third-order valence-electron chi connectivity index (χ3n) is 8.73. The molecule has 0 saturated carbocycles. The second-order valence-electron chi connectivity index (χ2n) is 11.7. The second-order valence-corrected chi connectivity index (χ2v) is 12.6. The summed E-state index contributed by atoms with van der Waals surface area (Å²) < 4.78 is 2.35. The van der Waals surface area contributed by atoms with E-state index in [1.54, 1.807) is 11.8 Å². The van der Waals surface area contributed by atoms with Crippen LogP contribution in [0.25, 0.3) is 72.9 Å². The molecule has 0 spiro atoms. The molecule has 5 heteroatoms. The van der Waals surface area contributed by atoms with E-state index in [1.807, 2.05) is 18.2 Å². The van der Waals surface area contributed by atoms with Gasteiger partial charge in [-0.25, -0.2) is 15.0 Å². The summed E-state index contributed by atoms with van der Waals surface area (Å²) >= 11 is 1.79. The summed E-state index contributed by atoms with van der Waals surface area (Å²) in [5.41, 5.74) is 13.0. The summed E-state index contributed by atoms with van der Waals surface area (Å²) in [6.07, 6.45) is 0.